The summed E-state index contributed by atoms with van der Waals surface area (Å²) >= 11 is 0. The third-order valence-corrected chi connectivity index (χ3v) is 8.69. The minimum absolute atomic E-state index is 0.0731. The summed E-state index contributed by atoms with van der Waals surface area (Å²) < 4.78 is 0. The molecule has 0 rings (SSSR count). The normalized spacial score (nSPS) is 13.3. The van der Waals surface area contributed by atoms with Gasteiger partial charge in [0.25, 0.3) is 0 Å². The Balaban J connectivity index is 3.64. The van der Waals surface area contributed by atoms with Gasteiger partial charge in [-0.05, 0) is 32.1 Å². The second-order valence-corrected chi connectivity index (χ2v) is 13.0. The van der Waals surface area contributed by atoms with Crippen molar-refractivity contribution < 1.29 is 15.0 Å². The zero-order valence-electron chi connectivity index (χ0n) is 29.0. The molecule has 43 heavy (non-hydrogen) atoms. The average molecular weight is 606 g/mol. The van der Waals surface area contributed by atoms with Crippen LogP contribution in [0, 0.1) is 0 Å². The molecule has 0 aliphatic heterocycles. The largest absolute Gasteiger partial charge is 0.394 e. The van der Waals surface area contributed by atoms with Crippen molar-refractivity contribution in [1.29, 1.82) is 0 Å². The lowest BCUT2D eigenvalue weighted by molar-refractivity contribution is -0.123. The molecule has 2 atom stereocenters. The molecule has 0 radical (unpaired) electrons. The molecule has 0 unspecified atom stereocenters. The molecule has 4 nitrogen and oxygen atoms in total. The van der Waals surface area contributed by atoms with Gasteiger partial charge in [-0.2, -0.15) is 0 Å². The first-order valence-corrected chi connectivity index (χ1v) is 19.1. The lowest BCUT2D eigenvalue weighted by Crippen LogP contribution is -2.45. The Morgan fingerprint density at radius 2 is 0.907 bits per heavy atom. The van der Waals surface area contributed by atoms with Crippen LogP contribution < -0.4 is 5.32 Å². The second kappa shape index (κ2) is 35.4. The molecule has 0 aromatic carbocycles. The van der Waals surface area contributed by atoms with Crippen LogP contribution in [-0.2, 0) is 4.79 Å². The number of rotatable bonds is 34. The first-order valence-electron chi connectivity index (χ1n) is 19.1. The Morgan fingerprint density at radius 1 is 0.535 bits per heavy atom. The van der Waals surface area contributed by atoms with E-state index in [0.29, 0.717) is 6.42 Å². The standard InChI is InChI=1S/C39H75NO3/c1-3-5-7-9-11-13-15-17-19-21-22-24-26-28-30-32-34-38(42)37(36-41)40-39(43)35-33-31-29-27-25-23-20-18-16-14-12-10-8-6-4-2/h24,26,32,34,37-38,41-42H,3-23,25,27-31,33,35-36H2,1-2H3,(H,40,43)/b26-24+,34-32+/t37-,38+/m0/s1. The van der Waals surface area contributed by atoms with E-state index in [0.717, 1.165) is 32.1 Å². The molecule has 0 spiro atoms. The first-order chi connectivity index (χ1) is 21.2. The van der Waals surface area contributed by atoms with E-state index in [1.165, 1.54) is 148 Å². The van der Waals surface area contributed by atoms with Gasteiger partial charge in [-0.25, -0.2) is 0 Å². The number of hydrogen-bond acceptors (Lipinski definition) is 3. The lowest BCUT2D eigenvalue weighted by atomic mass is 10.0. The Labute approximate surface area is 269 Å². The molecule has 3 N–H and O–H groups in total. The molecule has 0 bridgehead atoms. The van der Waals surface area contributed by atoms with Crippen molar-refractivity contribution in [2.45, 2.75) is 212 Å². The Hall–Kier alpha value is -1.13. The first kappa shape index (κ1) is 41.9. The van der Waals surface area contributed by atoms with Crippen molar-refractivity contribution in [2.24, 2.45) is 0 Å². The van der Waals surface area contributed by atoms with Crippen LogP contribution in [0.25, 0.3) is 0 Å². The smallest absolute Gasteiger partial charge is 0.220 e. The van der Waals surface area contributed by atoms with Gasteiger partial charge in [0, 0.05) is 6.42 Å². The number of amides is 1. The van der Waals surface area contributed by atoms with E-state index in [4.69, 9.17) is 0 Å². The number of unbranched alkanes of at least 4 members (excludes halogenated alkanes) is 25. The minimum atomic E-state index is -0.856. The molecule has 254 valence electrons. The summed E-state index contributed by atoms with van der Waals surface area (Å²) in [5.41, 5.74) is 0. The van der Waals surface area contributed by atoms with E-state index in [-0.39, 0.29) is 12.5 Å². The number of nitrogens with one attached hydrogen (secondary N) is 1. The molecule has 0 heterocycles. The highest BCUT2D eigenvalue weighted by Gasteiger charge is 2.17. The van der Waals surface area contributed by atoms with Crippen LogP contribution >= 0.6 is 0 Å². The highest BCUT2D eigenvalue weighted by Crippen LogP contribution is 2.14. The highest BCUT2D eigenvalue weighted by molar-refractivity contribution is 5.76. The molecule has 0 fully saturated rings. The number of carbonyl (C=O) groups excluding carboxylic acids is 1. The SMILES string of the molecule is CCCCCCCCCCCC/C=C/CC/C=C/[C@@H](O)[C@H](CO)NC(=O)CCCCCCCCCCCCCCCCC. The quantitative estimate of drug-likeness (QED) is 0.0505. The fraction of sp³-hybridized carbons (Fsp3) is 0.872. The third kappa shape index (κ3) is 32.1. The van der Waals surface area contributed by atoms with Crippen molar-refractivity contribution in [3.63, 3.8) is 0 Å². The summed E-state index contributed by atoms with van der Waals surface area (Å²) in [5, 5.41) is 22.9. The topological polar surface area (TPSA) is 69.6 Å². The van der Waals surface area contributed by atoms with Crippen LogP contribution in [-0.4, -0.2) is 34.9 Å². The predicted molar refractivity (Wildman–Crippen MR) is 189 cm³/mol. The zero-order valence-corrected chi connectivity index (χ0v) is 29.0. The number of allylic oxidation sites excluding steroid dienone is 3. The molecule has 4 heteroatoms. The molecule has 0 saturated carbocycles. The van der Waals surface area contributed by atoms with Gasteiger partial charge in [-0.3, -0.25) is 4.79 Å². The van der Waals surface area contributed by atoms with Crippen LogP contribution in [0.2, 0.25) is 0 Å². The Kier molecular flexibility index (Phi) is 34.4. The van der Waals surface area contributed by atoms with Gasteiger partial charge in [0.05, 0.1) is 18.8 Å². The summed E-state index contributed by atoms with van der Waals surface area (Å²) in [5.74, 6) is -0.0731. The number of aliphatic hydroxyl groups excluding tert-OH is 2. The van der Waals surface area contributed by atoms with E-state index in [9.17, 15) is 15.0 Å². The van der Waals surface area contributed by atoms with Crippen LogP contribution in [0.3, 0.4) is 0 Å². The van der Waals surface area contributed by atoms with Gasteiger partial charge in [0.1, 0.15) is 0 Å². The fourth-order valence-electron chi connectivity index (χ4n) is 5.72. The van der Waals surface area contributed by atoms with Crippen LogP contribution in [0.4, 0.5) is 0 Å². The molecular formula is C39H75NO3. The third-order valence-electron chi connectivity index (χ3n) is 8.69. The summed E-state index contributed by atoms with van der Waals surface area (Å²) in [6, 6.07) is -0.632. The molecule has 0 aromatic heterocycles. The molecule has 0 aromatic rings. The summed E-state index contributed by atoms with van der Waals surface area (Å²) in [7, 11) is 0. The van der Waals surface area contributed by atoms with Gasteiger partial charge in [0.15, 0.2) is 0 Å². The zero-order chi connectivity index (χ0) is 31.5. The monoisotopic (exact) mass is 606 g/mol. The van der Waals surface area contributed by atoms with Crippen molar-refractivity contribution in [2.75, 3.05) is 6.61 Å². The molecule has 0 saturated heterocycles. The van der Waals surface area contributed by atoms with E-state index < -0.39 is 12.1 Å². The lowest BCUT2D eigenvalue weighted by Gasteiger charge is -2.19. The van der Waals surface area contributed by atoms with Crippen molar-refractivity contribution in [3.05, 3.63) is 24.3 Å². The Bertz CT molecular complexity index is 618. The predicted octanol–water partition coefficient (Wildman–Crippen LogP) is 11.3. The molecule has 0 aliphatic carbocycles. The van der Waals surface area contributed by atoms with Gasteiger partial charge in [-0.1, -0.05) is 186 Å². The van der Waals surface area contributed by atoms with Gasteiger partial charge < -0.3 is 15.5 Å². The Morgan fingerprint density at radius 3 is 1.35 bits per heavy atom. The van der Waals surface area contributed by atoms with Gasteiger partial charge in [-0.15, -0.1) is 0 Å². The molecular weight excluding hydrogens is 530 g/mol. The van der Waals surface area contributed by atoms with Crippen LogP contribution in [0.5, 0.6) is 0 Å². The van der Waals surface area contributed by atoms with Crippen LogP contribution in [0.15, 0.2) is 24.3 Å². The summed E-state index contributed by atoms with van der Waals surface area (Å²) in [4.78, 5) is 12.3. The van der Waals surface area contributed by atoms with Crippen molar-refractivity contribution >= 4 is 5.91 Å². The maximum absolute atomic E-state index is 12.3. The fourth-order valence-corrected chi connectivity index (χ4v) is 5.72. The van der Waals surface area contributed by atoms with Gasteiger partial charge >= 0.3 is 0 Å². The van der Waals surface area contributed by atoms with Gasteiger partial charge in [0.2, 0.25) is 5.91 Å². The number of carbonyl (C=O) groups is 1. The van der Waals surface area contributed by atoms with E-state index in [1.54, 1.807) is 6.08 Å². The van der Waals surface area contributed by atoms with E-state index in [1.807, 2.05) is 6.08 Å². The molecule has 1 amide bonds. The average Bonchev–Trinajstić information content (AvgIpc) is 3.01. The van der Waals surface area contributed by atoms with E-state index >= 15 is 0 Å². The number of hydrogen-bond donors (Lipinski definition) is 3. The van der Waals surface area contributed by atoms with Crippen molar-refractivity contribution in [1.82, 2.24) is 5.32 Å². The minimum Gasteiger partial charge on any atom is -0.394 e. The van der Waals surface area contributed by atoms with Crippen LogP contribution in [0.1, 0.15) is 200 Å². The maximum atomic E-state index is 12.3. The summed E-state index contributed by atoms with van der Waals surface area (Å²) in [6.07, 6.45) is 44.1. The number of aliphatic hydroxyl groups is 2. The maximum Gasteiger partial charge on any atom is 0.220 e. The van der Waals surface area contributed by atoms with E-state index in [2.05, 4.69) is 31.3 Å². The van der Waals surface area contributed by atoms with Crippen molar-refractivity contribution in [3.8, 4) is 0 Å². The second-order valence-electron chi connectivity index (χ2n) is 13.0. The highest BCUT2D eigenvalue weighted by atomic mass is 16.3. The molecule has 0 aliphatic rings. The summed E-state index contributed by atoms with van der Waals surface area (Å²) in [6.45, 7) is 4.29.